The van der Waals surface area contributed by atoms with Crippen LogP contribution in [-0.2, 0) is 27.3 Å². The second-order valence-corrected chi connectivity index (χ2v) is 13.0. The number of hydrogen-bond acceptors (Lipinski definition) is 7. The number of piperidine rings is 1. The Morgan fingerprint density at radius 3 is 2.22 bits per heavy atom. The first kappa shape index (κ1) is 39.6. The number of benzene rings is 3. The first-order valence-corrected chi connectivity index (χ1v) is 16.1. The van der Waals surface area contributed by atoms with Crippen molar-refractivity contribution in [1.29, 1.82) is 0 Å². The number of quaternary nitrogens is 1. The summed E-state index contributed by atoms with van der Waals surface area (Å²) in [5.74, 6) is -3.97. The molecule has 4 rings (SSSR count). The van der Waals surface area contributed by atoms with Gasteiger partial charge in [-0.1, -0.05) is 35.9 Å². The van der Waals surface area contributed by atoms with Gasteiger partial charge in [0, 0.05) is 22.7 Å². The molecule has 1 unspecified atom stereocenters. The molecule has 1 aliphatic rings. The van der Waals surface area contributed by atoms with Crippen LogP contribution in [0.25, 0.3) is 0 Å². The van der Waals surface area contributed by atoms with Crippen molar-refractivity contribution in [1.82, 2.24) is 4.90 Å². The molecule has 0 bridgehead atoms. The number of aliphatic carboxylic acids is 1. The van der Waals surface area contributed by atoms with Crippen LogP contribution in [0.4, 0.5) is 23.7 Å². The van der Waals surface area contributed by atoms with E-state index in [4.69, 9.17) is 32.0 Å². The van der Waals surface area contributed by atoms with Gasteiger partial charge in [-0.25, -0.2) is 9.59 Å². The molecule has 11 nitrogen and oxygen atoms in total. The number of likely N-dealkylation sites (N-methyl/N-ethyl adjacent to an activating group) is 1. The van der Waals surface area contributed by atoms with Crippen LogP contribution in [0, 0.1) is 0 Å². The Labute approximate surface area is 293 Å². The van der Waals surface area contributed by atoms with Crippen LogP contribution in [0.1, 0.15) is 48.2 Å². The quantitative estimate of drug-likeness (QED) is 0.203. The van der Waals surface area contributed by atoms with Crippen molar-refractivity contribution in [2.45, 2.75) is 64.0 Å². The number of rotatable bonds is 10. The summed E-state index contributed by atoms with van der Waals surface area (Å²) in [6, 6.07) is 19.1. The lowest BCUT2D eigenvalue weighted by molar-refractivity contribution is -0.928. The Hall–Kier alpha value is -4.82. The van der Waals surface area contributed by atoms with Gasteiger partial charge in [-0.15, -0.1) is 0 Å². The molecule has 0 spiro atoms. The Morgan fingerprint density at radius 2 is 1.68 bits per heavy atom. The van der Waals surface area contributed by atoms with Crippen LogP contribution in [0.5, 0.6) is 5.75 Å². The Morgan fingerprint density at radius 1 is 1.06 bits per heavy atom. The van der Waals surface area contributed by atoms with Crippen molar-refractivity contribution in [2.24, 2.45) is 5.73 Å². The summed E-state index contributed by atoms with van der Waals surface area (Å²) in [5.41, 5.74) is 8.67. The number of carbonyl (C=O) groups excluding carboxylic acids is 4. The zero-order valence-electron chi connectivity index (χ0n) is 27.8. The number of halogens is 4. The molecular formula is C35H40ClF3N4O7. The summed E-state index contributed by atoms with van der Waals surface area (Å²) in [6.07, 6.45) is -3.70. The largest absolute Gasteiger partial charge is 0.542 e. The smallest absolute Gasteiger partial charge is 0.430 e. The van der Waals surface area contributed by atoms with Crippen molar-refractivity contribution in [3.8, 4) is 5.75 Å². The second kappa shape index (κ2) is 17.2. The topological polar surface area (TPSA) is 162 Å². The summed E-state index contributed by atoms with van der Waals surface area (Å²) in [5, 5.41) is 22.1. The fourth-order valence-corrected chi connectivity index (χ4v) is 5.97. The maximum atomic E-state index is 14.0. The molecule has 15 heteroatoms. The Kier molecular flexibility index (Phi) is 13.6. The third kappa shape index (κ3) is 11.9. The average molecular weight is 721 g/mol. The van der Waals surface area contributed by atoms with Crippen molar-refractivity contribution >= 4 is 41.2 Å². The molecule has 0 saturated carbocycles. The number of nitrogens with zero attached hydrogens (tertiary/aromatic N) is 2. The number of anilines is 1. The van der Waals surface area contributed by atoms with Gasteiger partial charge < -0.3 is 40.2 Å². The number of nitrogens with two attached hydrogens (primary N) is 1. The molecule has 4 N–H and O–H groups in total. The van der Waals surface area contributed by atoms with E-state index in [1.165, 1.54) is 0 Å². The molecule has 50 heavy (non-hydrogen) atoms. The highest BCUT2D eigenvalue weighted by molar-refractivity contribution is 6.30. The average Bonchev–Trinajstić information content (AvgIpc) is 3.01. The van der Waals surface area contributed by atoms with Gasteiger partial charge in [0.1, 0.15) is 24.3 Å². The number of carbonyl (C=O) groups is 4. The van der Waals surface area contributed by atoms with E-state index in [2.05, 4.69) is 12.4 Å². The van der Waals surface area contributed by atoms with Crippen LogP contribution in [0.3, 0.4) is 0 Å². The first-order chi connectivity index (χ1) is 23.4. The maximum Gasteiger partial charge on any atom is 0.430 e. The minimum Gasteiger partial charge on any atom is -0.542 e. The van der Waals surface area contributed by atoms with Crippen LogP contribution in [0.2, 0.25) is 5.02 Å². The summed E-state index contributed by atoms with van der Waals surface area (Å²) in [7, 11) is 2.15. The van der Waals surface area contributed by atoms with E-state index >= 15 is 0 Å². The molecule has 3 amide bonds. The highest BCUT2D eigenvalue weighted by atomic mass is 35.5. The molecule has 0 radical (unpaired) electrons. The first-order valence-electron chi connectivity index (χ1n) is 15.7. The number of aromatic hydroxyl groups is 1. The number of carboxylic acid groups (broad SMARTS) is 1. The molecule has 270 valence electrons. The molecule has 1 aliphatic heterocycles. The second-order valence-electron chi connectivity index (χ2n) is 12.6. The molecule has 3 aromatic rings. The van der Waals surface area contributed by atoms with E-state index in [9.17, 15) is 32.7 Å². The van der Waals surface area contributed by atoms with Gasteiger partial charge in [0.2, 0.25) is 5.91 Å². The fraction of sp³-hybridized carbons (Fsp3) is 0.371. The number of esters is 1. The number of likely N-dealkylation sites (tertiary alicyclic amines) is 1. The molecule has 1 heterocycles. The van der Waals surface area contributed by atoms with Gasteiger partial charge in [-0.3, -0.25) is 4.79 Å². The number of hydrogen-bond donors (Lipinski definition) is 3. The number of amides is 3. The van der Waals surface area contributed by atoms with Gasteiger partial charge >= 0.3 is 18.2 Å². The van der Waals surface area contributed by atoms with Crippen molar-refractivity contribution in [3.63, 3.8) is 0 Å². The summed E-state index contributed by atoms with van der Waals surface area (Å²) < 4.78 is 37.5. The lowest BCUT2D eigenvalue weighted by atomic mass is 9.96. The van der Waals surface area contributed by atoms with Gasteiger partial charge in [0.25, 0.3) is 0 Å². The third-order valence-electron chi connectivity index (χ3n) is 7.94. The highest BCUT2D eigenvalue weighted by Crippen LogP contribution is 2.28. The van der Waals surface area contributed by atoms with E-state index in [1.807, 2.05) is 24.3 Å². The minimum atomic E-state index is -5.19. The molecule has 1 saturated heterocycles. The Bertz CT molecular complexity index is 1640. The van der Waals surface area contributed by atoms with Crippen LogP contribution in [0.15, 0.2) is 72.8 Å². The number of phenols is 1. The lowest BCUT2D eigenvalue weighted by Crippen LogP contribution is -2.62. The van der Waals surface area contributed by atoms with Crippen LogP contribution < -0.4 is 16.2 Å². The number of primary amides is 1. The number of carboxylic acids is 1. The van der Waals surface area contributed by atoms with E-state index in [0.29, 0.717) is 33.7 Å². The summed E-state index contributed by atoms with van der Waals surface area (Å²) in [4.78, 5) is 49.7. The third-order valence-corrected chi connectivity index (χ3v) is 8.18. The summed E-state index contributed by atoms with van der Waals surface area (Å²) >= 11 is 6.26. The maximum absolute atomic E-state index is 14.0. The number of urea groups is 1. The highest BCUT2D eigenvalue weighted by Gasteiger charge is 2.41. The molecule has 0 aromatic heterocycles. The lowest BCUT2D eigenvalue weighted by Gasteiger charge is -2.46. The molecule has 0 aliphatic carbocycles. The molecule has 3 atom stereocenters. The van der Waals surface area contributed by atoms with Gasteiger partial charge in [0.15, 0.2) is 0 Å². The van der Waals surface area contributed by atoms with E-state index in [-0.39, 0.29) is 24.3 Å². The molecule has 1 fully saturated rings. The zero-order chi connectivity index (χ0) is 37.2. The minimum absolute atomic E-state index is 0.107. The van der Waals surface area contributed by atoms with Crippen LogP contribution >= 0.6 is 11.6 Å². The number of alkyl halides is 3. The van der Waals surface area contributed by atoms with E-state index in [1.54, 1.807) is 67.3 Å². The van der Waals surface area contributed by atoms with Gasteiger partial charge in [0.05, 0.1) is 37.8 Å². The standard InChI is InChI=1S/C33H39ClN4O5.C2HF3O2/c1-22(2)43-32(41)25-11-13-27(14-12-25)36-33(42)37(30(31(35)40)19-23-9-15-29(39)16-10-23)28-8-5-17-38(3,21-28)20-24-6-4-7-26(34)18-24;3-2(4,5)1(6)7/h4,6-7,9-16,18,22,28,30H,5,8,17,19-21H2,1-3H3,(H3-,35,36,39,40,41,42);(H,6,7)/t28-,30+,38?;/m1./s1. The monoisotopic (exact) mass is 720 g/mol. The van der Waals surface area contributed by atoms with Crippen LogP contribution in [-0.4, -0.2) is 82.9 Å². The number of phenolic OH excluding ortho intramolecular Hbond substituents is 1. The number of nitrogens with one attached hydrogen (secondary N) is 1. The predicted octanol–water partition coefficient (Wildman–Crippen LogP) is 4.65. The normalized spacial score (nSPS) is 17.9. The Balaban J connectivity index is 0.000000872. The van der Waals surface area contributed by atoms with Gasteiger partial charge in [-0.05, 0) is 80.8 Å². The zero-order valence-corrected chi connectivity index (χ0v) is 28.5. The van der Waals surface area contributed by atoms with Gasteiger partial charge in [-0.2, -0.15) is 13.2 Å². The van der Waals surface area contributed by atoms with E-state index in [0.717, 1.165) is 30.6 Å². The molecule has 3 aromatic carbocycles. The fourth-order valence-electron chi connectivity index (χ4n) is 5.76. The van der Waals surface area contributed by atoms with Crippen molar-refractivity contribution in [2.75, 3.05) is 25.5 Å². The van der Waals surface area contributed by atoms with Crippen molar-refractivity contribution in [3.05, 3.63) is 94.5 Å². The summed E-state index contributed by atoms with van der Waals surface area (Å²) in [6.45, 7) is 5.79. The molecular weight excluding hydrogens is 681 g/mol. The number of ether oxygens (including phenoxy) is 1. The van der Waals surface area contributed by atoms with E-state index < -0.39 is 36.1 Å². The van der Waals surface area contributed by atoms with Crippen molar-refractivity contribution < 1.29 is 51.8 Å². The SMILES string of the molecule is CC(C)OC(=O)c1ccc(NC(=O)N([C@@H]2CCC[N+](C)(Cc3cccc(Cl)c3)C2)[C@@H](Cc2ccc(O)cc2)C(N)=O)cc1.O=C([O-])C(F)(F)F. The predicted molar refractivity (Wildman–Crippen MR) is 178 cm³/mol.